The molecule has 1 aliphatic rings. The molecule has 0 saturated heterocycles. The summed E-state index contributed by atoms with van der Waals surface area (Å²) in [6, 6.07) is 5.48. The van der Waals surface area contributed by atoms with Gasteiger partial charge in [-0.15, -0.1) is 0 Å². The number of nitriles is 1. The standard InChI is InChI=1S/C22H28N2O5/c1-13(2)18-8-5-14(3)9-20(18)29-21(25)10-15(4)22(26)16-6-7-17(12-23)19(11-16)24(27)28/h6-7,11,13-15,18,20H,5,8-10H2,1-4H3/t14-,15?,18+,20-/m1/s1. The number of carbonyl (C=O) groups is 2. The molecule has 0 bridgehead atoms. The first-order valence-corrected chi connectivity index (χ1v) is 10.1. The lowest BCUT2D eigenvalue weighted by Crippen LogP contribution is -2.36. The fourth-order valence-corrected chi connectivity index (χ4v) is 4.02. The molecular formula is C22H28N2O5. The second kappa shape index (κ2) is 9.64. The highest BCUT2D eigenvalue weighted by Gasteiger charge is 2.34. The number of carbonyl (C=O) groups excluding carboxylic acids is 2. The molecule has 1 saturated carbocycles. The minimum Gasteiger partial charge on any atom is -0.462 e. The van der Waals surface area contributed by atoms with Crippen LogP contribution >= 0.6 is 0 Å². The maximum Gasteiger partial charge on any atom is 0.306 e. The second-order valence-corrected chi connectivity index (χ2v) is 8.42. The molecule has 1 unspecified atom stereocenters. The van der Waals surface area contributed by atoms with Crippen LogP contribution in [0.25, 0.3) is 0 Å². The fraction of sp³-hybridized carbons (Fsp3) is 0.591. The number of esters is 1. The summed E-state index contributed by atoms with van der Waals surface area (Å²) in [5.41, 5.74) is -0.406. The van der Waals surface area contributed by atoms with E-state index in [1.807, 2.05) is 0 Å². The molecule has 0 N–H and O–H groups in total. The maximum atomic E-state index is 12.7. The largest absolute Gasteiger partial charge is 0.462 e. The van der Waals surface area contributed by atoms with Crippen molar-refractivity contribution in [2.45, 2.75) is 59.5 Å². The van der Waals surface area contributed by atoms with Gasteiger partial charge in [0.05, 0.1) is 11.3 Å². The van der Waals surface area contributed by atoms with E-state index in [2.05, 4.69) is 20.8 Å². The fourth-order valence-electron chi connectivity index (χ4n) is 4.02. The van der Waals surface area contributed by atoms with Crippen LogP contribution in [0.3, 0.4) is 0 Å². The van der Waals surface area contributed by atoms with E-state index in [0.717, 1.165) is 25.3 Å². The van der Waals surface area contributed by atoms with Crippen molar-refractivity contribution in [3.63, 3.8) is 0 Å². The van der Waals surface area contributed by atoms with E-state index in [0.29, 0.717) is 17.8 Å². The van der Waals surface area contributed by atoms with Crippen LogP contribution in [0, 0.1) is 45.1 Å². The zero-order valence-electron chi connectivity index (χ0n) is 17.4. The molecule has 0 aliphatic heterocycles. The Hall–Kier alpha value is -2.75. The smallest absolute Gasteiger partial charge is 0.306 e. The molecule has 1 fully saturated rings. The SMILES string of the molecule is CC(CC(=O)O[C@@H]1C[C@H](C)CC[C@H]1C(C)C)C(=O)c1ccc(C#N)c([N+](=O)[O-])c1. The van der Waals surface area contributed by atoms with Crippen LogP contribution in [0.1, 0.15) is 69.3 Å². The van der Waals surface area contributed by atoms with Crippen molar-refractivity contribution in [2.75, 3.05) is 0 Å². The Morgan fingerprint density at radius 1 is 1.31 bits per heavy atom. The van der Waals surface area contributed by atoms with Crippen molar-refractivity contribution in [2.24, 2.45) is 23.7 Å². The average molecular weight is 400 g/mol. The van der Waals surface area contributed by atoms with Crippen LogP contribution in [0.15, 0.2) is 18.2 Å². The third kappa shape index (κ3) is 5.63. The van der Waals surface area contributed by atoms with E-state index in [1.54, 1.807) is 13.0 Å². The van der Waals surface area contributed by atoms with Gasteiger partial charge in [-0.05, 0) is 42.7 Å². The monoisotopic (exact) mass is 400 g/mol. The van der Waals surface area contributed by atoms with Crippen molar-refractivity contribution in [3.05, 3.63) is 39.4 Å². The number of nitro benzene ring substituents is 1. The normalized spacial score (nSPS) is 22.6. The topological polar surface area (TPSA) is 110 Å². The Balaban J connectivity index is 2.05. The molecule has 0 radical (unpaired) electrons. The van der Waals surface area contributed by atoms with E-state index in [-0.39, 0.29) is 29.4 Å². The first-order chi connectivity index (χ1) is 13.6. The van der Waals surface area contributed by atoms with Crippen LogP contribution < -0.4 is 0 Å². The summed E-state index contributed by atoms with van der Waals surface area (Å²) < 4.78 is 5.75. The zero-order valence-corrected chi connectivity index (χ0v) is 17.4. The van der Waals surface area contributed by atoms with Crippen molar-refractivity contribution < 1.29 is 19.2 Å². The van der Waals surface area contributed by atoms with Gasteiger partial charge in [-0.1, -0.05) is 34.1 Å². The third-order valence-corrected chi connectivity index (χ3v) is 5.76. The summed E-state index contributed by atoms with van der Waals surface area (Å²) in [5.74, 6) is -0.235. The Morgan fingerprint density at radius 3 is 2.59 bits per heavy atom. The van der Waals surface area contributed by atoms with E-state index in [4.69, 9.17) is 10.00 Å². The highest BCUT2D eigenvalue weighted by molar-refractivity contribution is 6.00. The molecule has 29 heavy (non-hydrogen) atoms. The molecule has 0 aromatic heterocycles. The lowest BCUT2D eigenvalue weighted by Gasteiger charge is -2.36. The molecule has 1 aromatic rings. The third-order valence-electron chi connectivity index (χ3n) is 5.76. The van der Waals surface area contributed by atoms with E-state index in [1.165, 1.54) is 12.1 Å². The van der Waals surface area contributed by atoms with Gasteiger partial charge >= 0.3 is 5.97 Å². The Bertz CT molecular complexity index is 827. The molecule has 2 rings (SSSR count). The maximum absolute atomic E-state index is 12.7. The quantitative estimate of drug-likeness (QED) is 0.284. The predicted molar refractivity (Wildman–Crippen MR) is 107 cm³/mol. The molecule has 1 aromatic carbocycles. The first kappa shape index (κ1) is 22.5. The van der Waals surface area contributed by atoms with Crippen molar-refractivity contribution in [3.8, 4) is 6.07 Å². The van der Waals surface area contributed by atoms with Gasteiger partial charge in [0.1, 0.15) is 17.7 Å². The minimum absolute atomic E-state index is 0.0810. The highest BCUT2D eigenvalue weighted by Crippen LogP contribution is 2.35. The van der Waals surface area contributed by atoms with Gasteiger partial charge in [0.2, 0.25) is 0 Å². The lowest BCUT2D eigenvalue weighted by atomic mass is 9.75. The average Bonchev–Trinajstić information content (AvgIpc) is 2.66. The number of rotatable bonds is 7. The van der Waals surface area contributed by atoms with Gasteiger partial charge in [-0.25, -0.2) is 0 Å². The van der Waals surface area contributed by atoms with Gasteiger partial charge in [-0.3, -0.25) is 19.7 Å². The Kier molecular flexibility index (Phi) is 7.49. The van der Waals surface area contributed by atoms with E-state index in [9.17, 15) is 19.7 Å². The molecule has 1 aliphatic carbocycles. The molecule has 0 spiro atoms. The Morgan fingerprint density at radius 2 is 2.00 bits per heavy atom. The summed E-state index contributed by atoms with van der Waals surface area (Å²) in [5, 5.41) is 20.1. The summed E-state index contributed by atoms with van der Waals surface area (Å²) in [6.07, 6.45) is 2.77. The van der Waals surface area contributed by atoms with Crippen LogP contribution in [-0.4, -0.2) is 22.8 Å². The number of nitro groups is 1. The number of hydrogen-bond acceptors (Lipinski definition) is 6. The lowest BCUT2D eigenvalue weighted by molar-refractivity contribution is -0.385. The predicted octanol–water partition coefficient (Wildman–Crippen LogP) is 4.68. The number of benzene rings is 1. The summed E-state index contributed by atoms with van der Waals surface area (Å²) >= 11 is 0. The van der Waals surface area contributed by atoms with E-state index < -0.39 is 22.5 Å². The van der Waals surface area contributed by atoms with Crippen molar-refractivity contribution in [1.82, 2.24) is 0 Å². The van der Waals surface area contributed by atoms with Gasteiger partial charge in [0.15, 0.2) is 5.78 Å². The van der Waals surface area contributed by atoms with Gasteiger partial charge in [-0.2, -0.15) is 5.26 Å². The molecule has 7 nitrogen and oxygen atoms in total. The number of ketones is 1. The van der Waals surface area contributed by atoms with Crippen LogP contribution in [-0.2, 0) is 9.53 Å². The van der Waals surface area contributed by atoms with Crippen LogP contribution in [0.5, 0.6) is 0 Å². The Labute approximate surface area is 171 Å². The molecule has 7 heteroatoms. The number of ether oxygens (including phenoxy) is 1. The summed E-state index contributed by atoms with van der Waals surface area (Å²) in [4.78, 5) is 35.6. The second-order valence-electron chi connectivity index (χ2n) is 8.42. The summed E-state index contributed by atoms with van der Waals surface area (Å²) in [6.45, 7) is 8.02. The zero-order chi connectivity index (χ0) is 21.7. The van der Waals surface area contributed by atoms with E-state index >= 15 is 0 Å². The van der Waals surface area contributed by atoms with Crippen LogP contribution in [0.2, 0.25) is 0 Å². The van der Waals surface area contributed by atoms with Gasteiger partial charge < -0.3 is 4.74 Å². The first-order valence-electron chi connectivity index (χ1n) is 10.1. The molecule has 156 valence electrons. The molecular weight excluding hydrogens is 372 g/mol. The summed E-state index contributed by atoms with van der Waals surface area (Å²) in [7, 11) is 0. The van der Waals surface area contributed by atoms with Crippen LogP contribution in [0.4, 0.5) is 5.69 Å². The molecule has 4 atom stereocenters. The van der Waals surface area contributed by atoms with Crippen molar-refractivity contribution in [1.29, 1.82) is 5.26 Å². The molecule has 0 heterocycles. The number of Topliss-reactive ketones (excluding diaryl/α,β-unsaturated/α-hetero) is 1. The molecule has 0 amide bonds. The highest BCUT2D eigenvalue weighted by atomic mass is 16.6. The number of hydrogen-bond donors (Lipinski definition) is 0. The van der Waals surface area contributed by atoms with Gasteiger partial charge in [0.25, 0.3) is 5.69 Å². The minimum atomic E-state index is -0.690. The van der Waals surface area contributed by atoms with Crippen molar-refractivity contribution >= 4 is 17.4 Å². The van der Waals surface area contributed by atoms with Gasteiger partial charge in [0, 0.05) is 17.5 Å². The number of nitrogens with zero attached hydrogens (tertiary/aromatic N) is 2.